The number of aliphatic hydroxyl groups is 1. The third kappa shape index (κ3) is 2.65. The number of hydrogen-bond acceptors (Lipinski definition) is 3. The fourth-order valence-corrected chi connectivity index (χ4v) is 3.76. The standard InChI is InChI=1S/C11H21NOS/c13-11(9-3-6-14-7-4-9)10-2-1-5-12-8-10/h9-13H,1-8H2. The molecule has 0 aromatic rings. The Labute approximate surface area is 90.8 Å². The van der Waals surface area contributed by atoms with Gasteiger partial charge in [0, 0.05) is 6.54 Å². The molecule has 0 aromatic heterocycles. The van der Waals surface area contributed by atoms with Crippen LogP contribution in [-0.4, -0.2) is 35.8 Å². The normalized spacial score (nSPS) is 32.8. The number of piperidine rings is 1. The fraction of sp³-hybridized carbons (Fsp3) is 1.00. The highest BCUT2D eigenvalue weighted by Gasteiger charge is 2.29. The summed E-state index contributed by atoms with van der Waals surface area (Å²) in [7, 11) is 0. The third-order valence-corrected chi connectivity index (χ3v) is 4.62. The van der Waals surface area contributed by atoms with Gasteiger partial charge in [0.25, 0.3) is 0 Å². The lowest BCUT2D eigenvalue weighted by Gasteiger charge is -2.34. The van der Waals surface area contributed by atoms with Crippen LogP contribution in [0.3, 0.4) is 0 Å². The predicted molar refractivity (Wildman–Crippen MR) is 61.6 cm³/mol. The van der Waals surface area contributed by atoms with Crippen molar-refractivity contribution in [2.24, 2.45) is 11.8 Å². The molecule has 2 saturated heterocycles. The number of aliphatic hydroxyl groups excluding tert-OH is 1. The Bertz CT molecular complexity index is 147. The molecule has 82 valence electrons. The van der Waals surface area contributed by atoms with Crippen molar-refractivity contribution in [3.05, 3.63) is 0 Å². The van der Waals surface area contributed by atoms with Gasteiger partial charge in [0.1, 0.15) is 0 Å². The molecular formula is C11H21NOS. The maximum absolute atomic E-state index is 10.2. The molecule has 2 aliphatic rings. The fourth-order valence-electron chi connectivity index (χ4n) is 2.61. The molecule has 2 atom stereocenters. The van der Waals surface area contributed by atoms with Crippen molar-refractivity contribution < 1.29 is 5.11 Å². The Morgan fingerprint density at radius 3 is 2.57 bits per heavy atom. The van der Waals surface area contributed by atoms with Crippen molar-refractivity contribution in [2.75, 3.05) is 24.6 Å². The Morgan fingerprint density at radius 1 is 1.14 bits per heavy atom. The van der Waals surface area contributed by atoms with Crippen molar-refractivity contribution in [1.82, 2.24) is 5.32 Å². The number of rotatable bonds is 2. The van der Waals surface area contributed by atoms with Gasteiger partial charge >= 0.3 is 0 Å². The Kier molecular flexibility index (Phi) is 4.14. The van der Waals surface area contributed by atoms with Gasteiger partial charge in [-0.1, -0.05) is 0 Å². The molecule has 0 saturated carbocycles. The molecule has 0 aliphatic carbocycles. The minimum absolute atomic E-state index is 0.0382. The Balaban J connectivity index is 1.82. The number of hydrogen-bond donors (Lipinski definition) is 2. The van der Waals surface area contributed by atoms with E-state index in [1.165, 1.54) is 37.2 Å². The van der Waals surface area contributed by atoms with Crippen molar-refractivity contribution in [2.45, 2.75) is 31.8 Å². The smallest absolute Gasteiger partial charge is 0.0609 e. The van der Waals surface area contributed by atoms with Crippen molar-refractivity contribution >= 4 is 11.8 Å². The minimum Gasteiger partial charge on any atom is -0.393 e. The summed E-state index contributed by atoms with van der Waals surface area (Å²) in [5.74, 6) is 3.61. The van der Waals surface area contributed by atoms with Gasteiger partial charge in [-0.25, -0.2) is 0 Å². The van der Waals surface area contributed by atoms with E-state index in [0.29, 0.717) is 11.8 Å². The molecule has 0 radical (unpaired) electrons. The first-order valence-corrected chi connectivity index (χ1v) is 7.00. The lowest BCUT2D eigenvalue weighted by molar-refractivity contribution is 0.0356. The van der Waals surface area contributed by atoms with E-state index >= 15 is 0 Å². The van der Waals surface area contributed by atoms with E-state index in [0.717, 1.165) is 13.1 Å². The largest absolute Gasteiger partial charge is 0.393 e. The van der Waals surface area contributed by atoms with Gasteiger partial charge in [-0.05, 0) is 55.6 Å². The average molecular weight is 215 g/mol. The first-order chi connectivity index (χ1) is 6.88. The highest BCUT2D eigenvalue weighted by atomic mass is 32.2. The maximum atomic E-state index is 10.2. The lowest BCUT2D eigenvalue weighted by atomic mass is 9.83. The van der Waals surface area contributed by atoms with Gasteiger partial charge in [-0.15, -0.1) is 0 Å². The molecule has 2 aliphatic heterocycles. The van der Waals surface area contributed by atoms with E-state index in [2.05, 4.69) is 5.32 Å². The topological polar surface area (TPSA) is 32.3 Å². The summed E-state index contributed by atoms with van der Waals surface area (Å²) in [5, 5.41) is 13.6. The Morgan fingerprint density at radius 2 is 1.93 bits per heavy atom. The summed E-state index contributed by atoms with van der Waals surface area (Å²) in [5.41, 5.74) is 0. The summed E-state index contributed by atoms with van der Waals surface area (Å²) in [6, 6.07) is 0. The van der Waals surface area contributed by atoms with Crippen molar-refractivity contribution in [1.29, 1.82) is 0 Å². The second kappa shape index (κ2) is 5.38. The van der Waals surface area contributed by atoms with Crippen LogP contribution in [0.25, 0.3) is 0 Å². The van der Waals surface area contributed by atoms with Crippen LogP contribution < -0.4 is 5.32 Å². The molecular weight excluding hydrogens is 194 g/mol. The van der Waals surface area contributed by atoms with Gasteiger partial charge in [0.15, 0.2) is 0 Å². The van der Waals surface area contributed by atoms with Crippen LogP contribution >= 0.6 is 11.8 Å². The van der Waals surface area contributed by atoms with Gasteiger partial charge in [-0.2, -0.15) is 11.8 Å². The average Bonchev–Trinajstić information content (AvgIpc) is 2.30. The van der Waals surface area contributed by atoms with Crippen LogP contribution in [0.4, 0.5) is 0 Å². The molecule has 2 rings (SSSR count). The summed E-state index contributed by atoms with van der Waals surface area (Å²) in [6.45, 7) is 2.18. The molecule has 0 aromatic carbocycles. The van der Waals surface area contributed by atoms with E-state index in [9.17, 15) is 5.11 Å². The van der Waals surface area contributed by atoms with E-state index < -0.39 is 0 Å². The van der Waals surface area contributed by atoms with Crippen LogP contribution in [-0.2, 0) is 0 Å². The van der Waals surface area contributed by atoms with E-state index in [1.807, 2.05) is 11.8 Å². The number of thioether (sulfide) groups is 1. The van der Waals surface area contributed by atoms with Gasteiger partial charge in [0.2, 0.25) is 0 Å². The quantitative estimate of drug-likeness (QED) is 0.732. The van der Waals surface area contributed by atoms with Gasteiger partial charge in [-0.3, -0.25) is 0 Å². The SMILES string of the molecule is OC(C1CCSCC1)C1CCCNC1. The van der Waals surface area contributed by atoms with Crippen LogP contribution in [0.1, 0.15) is 25.7 Å². The summed E-state index contributed by atoms with van der Waals surface area (Å²) in [6.07, 6.45) is 4.87. The van der Waals surface area contributed by atoms with Gasteiger partial charge < -0.3 is 10.4 Å². The molecule has 2 fully saturated rings. The van der Waals surface area contributed by atoms with Gasteiger partial charge in [0.05, 0.1) is 6.10 Å². The lowest BCUT2D eigenvalue weighted by Crippen LogP contribution is -2.41. The van der Waals surface area contributed by atoms with Crippen molar-refractivity contribution in [3.8, 4) is 0 Å². The van der Waals surface area contributed by atoms with Crippen LogP contribution in [0, 0.1) is 11.8 Å². The first kappa shape index (κ1) is 10.8. The highest BCUT2D eigenvalue weighted by molar-refractivity contribution is 7.99. The molecule has 2 heterocycles. The third-order valence-electron chi connectivity index (χ3n) is 3.57. The van der Waals surface area contributed by atoms with Crippen LogP contribution in [0.5, 0.6) is 0 Å². The second-order valence-electron chi connectivity index (χ2n) is 4.55. The molecule has 14 heavy (non-hydrogen) atoms. The monoisotopic (exact) mass is 215 g/mol. The summed E-state index contributed by atoms with van der Waals surface area (Å²) < 4.78 is 0. The Hall–Kier alpha value is 0.270. The maximum Gasteiger partial charge on any atom is 0.0609 e. The zero-order chi connectivity index (χ0) is 9.80. The first-order valence-electron chi connectivity index (χ1n) is 5.84. The molecule has 0 amide bonds. The molecule has 2 nitrogen and oxygen atoms in total. The molecule has 3 heteroatoms. The minimum atomic E-state index is -0.0382. The summed E-state index contributed by atoms with van der Waals surface area (Å²) >= 11 is 2.04. The predicted octanol–water partition coefficient (Wildman–Crippen LogP) is 1.49. The zero-order valence-electron chi connectivity index (χ0n) is 8.74. The zero-order valence-corrected chi connectivity index (χ0v) is 9.56. The van der Waals surface area contributed by atoms with Crippen LogP contribution in [0.15, 0.2) is 0 Å². The number of nitrogens with one attached hydrogen (secondary N) is 1. The molecule has 2 unspecified atom stereocenters. The van der Waals surface area contributed by atoms with E-state index in [-0.39, 0.29) is 6.10 Å². The van der Waals surface area contributed by atoms with E-state index in [4.69, 9.17) is 0 Å². The molecule has 0 bridgehead atoms. The van der Waals surface area contributed by atoms with Crippen molar-refractivity contribution in [3.63, 3.8) is 0 Å². The second-order valence-corrected chi connectivity index (χ2v) is 5.77. The summed E-state index contributed by atoms with van der Waals surface area (Å²) in [4.78, 5) is 0. The van der Waals surface area contributed by atoms with Crippen LogP contribution in [0.2, 0.25) is 0 Å². The molecule has 2 N–H and O–H groups in total. The van der Waals surface area contributed by atoms with E-state index in [1.54, 1.807) is 0 Å². The molecule has 0 spiro atoms. The highest BCUT2D eigenvalue weighted by Crippen LogP contribution is 2.30.